The van der Waals surface area contributed by atoms with Crippen LogP contribution in [-0.2, 0) is 4.79 Å². The molecule has 0 bridgehead atoms. The van der Waals surface area contributed by atoms with Gasteiger partial charge in [0.25, 0.3) is 0 Å². The molecule has 0 unspecified atom stereocenters. The molecule has 3 nitrogen and oxygen atoms in total. The molecule has 0 aromatic rings. The van der Waals surface area contributed by atoms with E-state index in [1.807, 2.05) is 0 Å². The maximum atomic E-state index is 11.3. The van der Waals surface area contributed by atoms with E-state index in [0.29, 0.717) is 12.0 Å². The van der Waals surface area contributed by atoms with Crippen molar-refractivity contribution in [3.8, 4) is 0 Å². The molecule has 0 spiro atoms. The number of hydrogen-bond acceptors (Lipinski definition) is 2. The van der Waals surface area contributed by atoms with Gasteiger partial charge in [0.2, 0.25) is 5.91 Å². The van der Waals surface area contributed by atoms with Crippen LogP contribution in [0.15, 0.2) is 0 Å². The maximum absolute atomic E-state index is 11.3. The molecule has 1 rings (SSSR count). The van der Waals surface area contributed by atoms with Gasteiger partial charge in [-0.3, -0.25) is 4.79 Å². The van der Waals surface area contributed by atoms with E-state index in [4.69, 9.17) is 0 Å². The van der Waals surface area contributed by atoms with Crippen LogP contribution < -0.4 is 10.6 Å². The van der Waals surface area contributed by atoms with E-state index in [0.717, 1.165) is 25.9 Å². The molecule has 0 heterocycles. The summed E-state index contributed by atoms with van der Waals surface area (Å²) in [6, 6.07) is 0. The van der Waals surface area contributed by atoms with Crippen LogP contribution in [0.25, 0.3) is 0 Å². The van der Waals surface area contributed by atoms with Crippen LogP contribution in [-0.4, -0.2) is 25.5 Å². The molecular formula is C12H24N2O. The zero-order valence-corrected chi connectivity index (χ0v) is 10.1. The molecule has 0 aromatic carbocycles. The van der Waals surface area contributed by atoms with Gasteiger partial charge in [-0.25, -0.2) is 0 Å². The molecule has 3 heteroatoms. The van der Waals surface area contributed by atoms with Crippen LogP contribution in [0.1, 0.15) is 46.0 Å². The Morgan fingerprint density at radius 2 is 2.13 bits per heavy atom. The maximum Gasteiger partial charge on any atom is 0.233 e. The predicted molar refractivity (Wildman–Crippen MR) is 62.7 cm³/mol. The molecule has 0 aliphatic heterocycles. The van der Waals surface area contributed by atoms with Gasteiger partial charge < -0.3 is 10.6 Å². The summed E-state index contributed by atoms with van der Waals surface area (Å²) in [6.07, 6.45) is 6.16. The summed E-state index contributed by atoms with van der Waals surface area (Å²) in [4.78, 5) is 11.3. The lowest BCUT2D eigenvalue weighted by atomic mass is 9.70. The minimum Gasteiger partial charge on any atom is -0.355 e. The van der Waals surface area contributed by atoms with E-state index in [1.165, 1.54) is 19.3 Å². The largest absolute Gasteiger partial charge is 0.355 e. The van der Waals surface area contributed by atoms with Crippen LogP contribution in [0, 0.1) is 5.41 Å². The quantitative estimate of drug-likeness (QED) is 0.630. The summed E-state index contributed by atoms with van der Waals surface area (Å²) in [5.41, 5.74) is 0.462. The summed E-state index contributed by atoms with van der Waals surface area (Å²) < 4.78 is 0. The second-order valence-corrected chi connectivity index (χ2v) is 4.97. The lowest BCUT2D eigenvalue weighted by Gasteiger charge is -2.38. The highest BCUT2D eigenvalue weighted by atomic mass is 16.1. The molecule has 2 N–H and O–H groups in total. The predicted octanol–water partition coefficient (Wildman–Crippen LogP) is 1.68. The molecule has 0 aromatic heterocycles. The highest BCUT2D eigenvalue weighted by Crippen LogP contribution is 2.39. The highest BCUT2D eigenvalue weighted by Gasteiger charge is 2.30. The van der Waals surface area contributed by atoms with Crippen molar-refractivity contribution in [1.29, 1.82) is 0 Å². The Hall–Kier alpha value is -0.570. The standard InChI is InChI=1S/C12H24N2O/c1-3-4-8-14-11(15)9-13-10-12(2)6-5-7-12/h13H,3-10H2,1-2H3,(H,14,15). The summed E-state index contributed by atoms with van der Waals surface area (Å²) >= 11 is 0. The van der Waals surface area contributed by atoms with Gasteiger partial charge in [-0.2, -0.15) is 0 Å². The molecule has 1 saturated carbocycles. The molecule has 1 aliphatic carbocycles. The van der Waals surface area contributed by atoms with Gasteiger partial charge in [0.05, 0.1) is 6.54 Å². The Morgan fingerprint density at radius 3 is 2.67 bits per heavy atom. The molecule has 1 fully saturated rings. The van der Waals surface area contributed by atoms with Crippen molar-refractivity contribution in [3.63, 3.8) is 0 Å². The monoisotopic (exact) mass is 212 g/mol. The van der Waals surface area contributed by atoms with Crippen molar-refractivity contribution in [2.75, 3.05) is 19.6 Å². The van der Waals surface area contributed by atoms with Crippen LogP contribution in [0.2, 0.25) is 0 Å². The first-order chi connectivity index (χ1) is 7.16. The third kappa shape index (κ3) is 4.65. The van der Waals surface area contributed by atoms with Crippen molar-refractivity contribution in [3.05, 3.63) is 0 Å². The average molecular weight is 212 g/mol. The third-order valence-electron chi connectivity index (χ3n) is 3.25. The third-order valence-corrected chi connectivity index (χ3v) is 3.25. The first-order valence-corrected chi connectivity index (χ1v) is 6.14. The molecule has 1 amide bonds. The number of carbonyl (C=O) groups excluding carboxylic acids is 1. The Labute approximate surface area is 93.0 Å². The van der Waals surface area contributed by atoms with Crippen LogP contribution in [0.5, 0.6) is 0 Å². The SMILES string of the molecule is CCCCNC(=O)CNCC1(C)CCC1. The molecule has 0 radical (unpaired) electrons. The molecule has 15 heavy (non-hydrogen) atoms. The van der Waals surface area contributed by atoms with Crippen molar-refractivity contribution in [2.24, 2.45) is 5.41 Å². The van der Waals surface area contributed by atoms with E-state index in [2.05, 4.69) is 24.5 Å². The van der Waals surface area contributed by atoms with Crippen molar-refractivity contribution >= 4 is 5.91 Å². The minimum absolute atomic E-state index is 0.131. The van der Waals surface area contributed by atoms with E-state index in [1.54, 1.807) is 0 Å². The van der Waals surface area contributed by atoms with Crippen molar-refractivity contribution < 1.29 is 4.79 Å². The Morgan fingerprint density at radius 1 is 1.40 bits per heavy atom. The summed E-state index contributed by atoms with van der Waals surface area (Å²) in [6.45, 7) is 6.68. The van der Waals surface area contributed by atoms with Crippen LogP contribution in [0.3, 0.4) is 0 Å². The Bertz CT molecular complexity index is 200. The first-order valence-electron chi connectivity index (χ1n) is 6.14. The minimum atomic E-state index is 0.131. The number of nitrogens with one attached hydrogen (secondary N) is 2. The van der Waals surface area contributed by atoms with Crippen LogP contribution >= 0.6 is 0 Å². The van der Waals surface area contributed by atoms with Gasteiger partial charge in [-0.05, 0) is 24.7 Å². The van der Waals surface area contributed by atoms with E-state index >= 15 is 0 Å². The average Bonchev–Trinajstić information content (AvgIpc) is 2.16. The number of amides is 1. The van der Waals surface area contributed by atoms with Crippen molar-refractivity contribution in [2.45, 2.75) is 46.0 Å². The summed E-state index contributed by atoms with van der Waals surface area (Å²) in [5, 5.41) is 6.15. The molecule has 0 atom stereocenters. The lowest BCUT2D eigenvalue weighted by Crippen LogP contribution is -2.42. The van der Waals surface area contributed by atoms with E-state index in [-0.39, 0.29) is 5.91 Å². The normalized spacial score (nSPS) is 18.3. The zero-order valence-electron chi connectivity index (χ0n) is 10.1. The number of carbonyl (C=O) groups is 1. The lowest BCUT2D eigenvalue weighted by molar-refractivity contribution is -0.120. The van der Waals surface area contributed by atoms with E-state index in [9.17, 15) is 4.79 Å². The topological polar surface area (TPSA) is 41.1 Å². The molecule has 1 aliphatic rings. The highest BCUT2D eigenvalue weighted by molar-refractivity contribution is 5.77. The fourth-order valence-corrected chi connectivity index (χ4v) is 1.90. The van der Waals surface area contributed by atoms with Gasteiger partial charge in [-0.15, -0.1) is 0 Å². The van der Waals surface area contributed by atoms with E-state index < -0.39 is 0 Å². The van der Waals surface area contributed by atoms with Gasteiger partial charge in [0.15, 0.2) is 0 Å². The zero-order chi connectivity index (χ0) is 11.1. The molecular weight excluding hydrogens is 188 g/mol. The smallest absolute Gasteiger partial charge is 0.233 e. The van der Waals surface area contributed by atoms with Gasteiger partial charge in [0.1, 0.15) is 0 Å². The van der Waals surface area contributed by atoms with Gasteiger partial charge in [-0.1, -0.05) is 26.7 Å². The first kappa shape index (κ1) is 12.5. The van der Waals surface area contributed by atoms with Crippen molar-refractivity contribution in [1.82, 2.24) is 10.6 Å². The van der Waals surface area contributed by atoms with Crippen LogP contribution in [0.4, 0.5) is 0 Å². The molecule has 88 valence electrons. The second-order valence-electron chi connectivity index (χ2n) is 4.97. The fourth-order valence-electron chi connectivity index (χ4n) is 1.90. The summed E-state index contributed by atoms with van der Waals surface area (Å²) in [5.74, 6) is 0.131. The fraction of sp³-hybridized carbons (Fsp3) is 0.917. The number of rotatable bonds is 7. The summed E-state index contributed by atoms with van der Waals surface area (Å²) in [7, 11) is 0. The number of hydrogen-bond donors (Lipinski definition) is 2. The molecule has 0 saturated heterocycles. The van der Waals surface area contributed by atoms with Gasteiger partial charge in [0, 0.05) is 13.1 Å². The number of unbranched alkanes of at least 4 members (excludes halogenated alkanes) is 1. The van der Waals surface area contributed by atoms with Gasteiger partial charge >= 0.3 is 0 Å². The Balaban J connectivity index is 1.97. The Kier molecular flexibility index (Phi) is 5.09. The second kappa shape index (κ2) is 6.11.